The molecule has 0 bridgehead atoms. The molecule has 11 nitrogen and oxygen atoms in total. The van der Waals surface area contributed by atoms with E-state index >= 15 is 0 Å². The Balaban J connectivity index is 1.67. The lowest BCUT2D eigenvalue weighted by atomic mass is 9.89. The monoisotopic (exact) mass is 482 g/mol. The van der Waals surface area contributed by atoms with Gasteiger partial charge in [-0.1, -0.05) is 0 Å². The Kier molecular flexibility index (Phi) is 6.44. The molecule has 0 unspecified atom stereocenters. The van der Waals surface area contributed by atoms with Crippen molar-refractivity contribution in [3.8, 4) is 11.1 Å². The summed E-state index contributed by atoms with van der Waals surface area (Å²) < 4.78 is 8.96. The number of carbonyl (C=O) groups is 2. The predicted octanol–water partition coefficient (Wildman–Crippen LogP) is 2.72. The van der Waals surface area contributed by atoms with Gasteiger partial charge in [-0.15, -0.1) is 0 Å². The average molecular weight is 483 g/mol. The smallest absolute Gasteiger partial charge is 0.410 e. The molecule has 0 aliphatic carbocycles. The highest BCUT2D eigenvalue weighted by atomic mass is 16.6. The molecule has 4 heterocycles. The van der Waals surface area contributed by atoms with Crippen LogP contribution in [-0.4, -0.2) is 65.5 Å². The van der Waals surface area contributed by atoms with Crippen molar-refractivity contribution < 1.29 is 14.3 Å². The maximum atomic E-state index is 13.1. The highest BCUT2D eigenvalue weighted by Gasteiger charge is 2.39. The Bertz CT molecular complexity index is 1240. The molecule has 3 aromatic rings. The molecule has 3 aromatic heterocycles. The third-order valence-corrected chi connectivity index (χ3v) is 5.90. The molecule has 188 valence electrons. The summed E-state index contributed by atoms with van der Waals surface area (Å²) in [4.78, 5) is 32.5. The highest BCUT2D eigenvalue weighted by molar-refractivity contribution is 5.86. The molecule has 0 radical (unpaired) electrons. The minimum absolute atomic E-state index is 0.0302. The number of nitrogen functional groups attached to an aromatic ring is 1. The largest absolute Gasteiger partial charge is 0.444 e. The van der Waals surface area contributed by atoms with Crippen LogP contribution in [0.25, 0.3) is 16.8 Å². The van der Waals surface area contributed by atoms with Gasteiger partial charge in [-0.05, 0) is 47.5 Å². The first-order valence-electron chi connectivity index (χ1n) is 11.9. The van der Waals surface area contributed by atoms with Crippen LogP contribution in [0.15, 0.2) is 24.7 Å². The van der Waals surface area contributed by atoms with E-state index in [0.717, 1.165) is 16.8 Å². The quantitative estimate of drug-likeness (QED) is 0.584. The topological polar surface area (TPSA) is 133 Å². The van der Waals surface area contributed by atoms with E-state index < -0.39 is 17.7 Å². The second kappa shape index (κ2) is 9.20. The third kappa shape index (κ3) is 5.23. The van der Waals surface area contributed by atoms with E-state index in [1.54, 1.807) is 27.7 Å². The van der Waals surface area contributed by atoms with E-state index in [-0.39, 0.29) is 17.9 Å². The van der Waals surface area contributed by atoms with Crippen LogP contribution >= 0.6 is 0 Å². The van der Waals surface area contributed by atoms with E-state index in [1.165, 1.54) is 4.90 Å². The van der Waals surface area contributed by atoms with Gasteiger partial charge in [0.05, 0.1) is 18.1 Å². The number of nitrogens with zero attached hydrogens (tertiary/aromatic N) is 6. The second-order valence-electron chi connectivity index (χ2n) is 10.4. The summed E-state index contributed by atoms with van der Waals surface area (Å²) in [6, 6.07) is 1.15. The van der Waals surface area contributed by atoms with Crippen LogP contribution in [-0.2, 0) is 16.6 Å². The number of amides is 2. The van der Waals surface area contributed by atoms with Gasteiger partial charge < -0.3 is 15.8 Å². The van der Waals surface area contributed by atoms with E-state index in [0.29, 0.717) is 30.9 Å². The van der Waals surface area contributed by atoms with Crippen LogP contribution in [0.4, 0.5) is 10.6 Å². The molecule has 1 aliphatic heterocycles. The molecule has 0 aromatic carbocycles. The Hall–Kier alpha value is -3.63. The van der Waals surface area contributed by atoms with E-state index in [2.05, 4.69) is 15.5 Å². The number of rotatable bonds is 4. The van der Waals surface area contributed by atoms with E-state index in [9.17, 15) is 9.59 Å². The normalized spacial score (nSPS) is 18.8. The Labute approximate surface area is 204 Å². The number of carbonyl (C=O) groups excluding carboxylic acids is 2. The first-order chi connectivity index (χ1) is 16.4. The number of aromatic nitrogens is 5. The Morgan fingerprint density at radius 3 is 2.57 bits per heavy atom. The molecule has 1 aliphatic rings. The lowest BCUT2D eigenvalue weighted by molar-refractivity contribution is -0.128. The SMILES string of the molecule is CC(C)NC(=O)[C@@H]1CC[C@H](c2cc(N)n3ncc(-c4cnn(C)c4)c3n2)CN1C(=O)OC(C)(C)C. The fourth-order valence-corrected chi connectivity index (χ4v) is 4.37. The van der Waals surface area contributed by atoms with Crippen LogP contribution in [0.5, 0.6) is 0 Å². The van der Waals surface area contributed by atoms with Crippen LogP contribution in [0, 0.1) is 0 Å². The minimum atomic E-state index is -0.680. The van der Waals surface area contributed by atoms with Crippen molar-refractivity contribution in [1.29, 1.82) is 0 Å². The number of piperidine rings is 1. The van der Waals surface area contributed by atoms with Gasteiger partial charge in [0.25, 0.3) is 0 Å². The molecule has 11 heteroatoms. The Morgan fingerprint density at radius 1 is 1.20 bits per heavy atom. The lowest BCUT2D eigenvalue weighted by Crippen LogP contribution is -2.55. The second-order valence-corrected chi connectivity index (χ2v) is 10.4. The van der Waals surface area contributed by atoms with Crippen LogP contribution in [0.2, 0.25) is 0 Å². The first-order valence-corrected chi connectivity index (χ1v) is 11.9. The molecule has 1 fully saturated rings. The number of nitrogens with two attached hydrogens (primary N) is 1. The molecule has 2 amide bonds. The molecule has 0 spiro atoms. The summed E-state index contributed by atoms with van der Waals surface area (Å²) >= 11 is 0. The average Bonchev–Trinajstić information content (AvgIpc) is 3.37. The summed E-state index contributed by atoms with van der Waals surface area (Å²) in [5, 5.41) is 11.6. The van der Waals surface area contributed by atoms with Crippen LogP contribution < -0.4 is 11.1 Å². The molecular formula is C24H34N8O3. The fourth-order valence-electron chi connectivity index (χ4n) is 4.37. The van der Waals surface area contributed by atoms with E-state index in [4.69, 9.17) is 15.5 Å². The van der Waals surface area contributed by atoms with Gasteiger partial charge in [0.2, 0.25) is 5.91 Å². The number of likely N-dealkylation sites (tertiary alicyclic amines) is 1. The number of hydrogen-bond acceptors (Lipinski definition) is 7. The number of ether oxygens (including phenoxy) is 1. The fraction of sp³-hybridized carbons (Fsp3) is 0.542. The van der Waals surface area contributed by atoms with Gasteiger partial charge >= 0.3 is 6.09 Å². The van der Waals surface area contributed by atoms with Gasteiger partial charge in [-0.25, -0.2) is 9.78 Å². The maximum Gasteiger partial charge on any atom is 0.410 e. The van der Waals surface area contributed by atoms with Crippen molar-refractivity contribution in [1.82, 2.24) is 34.6 Å². The zero-order valence-corrected chi connectivity index (χ0v) is 21.1. The summed E-state index contributed by atoms with van der Waals surface area (Å²) in [6.45, 7) is 9.52. The first kappa shape index (κ1) is 24.5. The van der Waals surface area contributed by atoms with Crippen molar-refractivity contribution in [2.45, 2.75) is 71.1 Å². The van der Waals surface area contributed by atoms with E-state index in [1.807, 2.05) is 47.9 Å². The number of hydrogen-bond donors (Lipinski definition) is 2. The lowest BCUT2D eigenvalue weighted by Gasteiger charge is -2.39. The van der Waals surface area contributed by atoms with Crippen molar-refractivity contribution in [3.05, 3.63) is 30.4 Å². The number of nitrogens with one attached hydrogen (secondary N) is 1. The highest BCUT2D eigenvalue weighted by Crippen LogP contribution is 2.33. The van der Waals surface area contributed by atoms with Gasteiger partial charge in [-0.2, -0.15) is 14.7 Å². The van der Waals surface area contributed by atoms with Gasteiger partial charge in [0.15, 0.2) is 5.65 Å². The standard InChI is InChI=1S/C24H34N8O3/c1-14(2)28-22(33)19-8-7-15(13-31(19)23(34)35-24(3,4)5)18-9-20(25)32-21(29-18)17(11-27-32)16-10-26-30(6)12-16/h9-12,14-15,19H,7-8,13,25H2,1-6H3,(H,28,33)/t15-,19-/m0/s1. The van der Waals surface area contributed by atoms with Crippen molar-refractivity contribution in [2.75, 3.05) is 12.3 Å². The zero-order chi connectivity index (χ0) is 25.5. The summed E-state index contributed by atoms with van der Waals surface area (Å²) in [5.41, 5.74) is 8.73. The van der Waals surface area contributed by atoms with Crippen LogP contribution in [0.1, 0.15) is 59.1 Å². The van der Waals surface area contributed by atoms with Gasteiger partial charge in [0, 0.05) is 48.9 Å². The van der Waals surface area contributed by atoms with Crippen LogP contribution in [0.3, 0.4) is 0 Å². The molecular weight excluding hydrogens is 448 g/mol. The molecule has 35 heavy (non-hydrogen) atoms. The maximum absolute atomic E-state index is 13.1. The van der Waals surface area contributed by atoms with Gasteiger partial charge in [0.1, 0.15) is 17.5 Å². The van der Waals surface area contributed by atoms with Gasteiger partial charge in [-0.3, -0.25) is 14.4 Å². The summed E-state index contributed by atoms with van der Waals surface area (Å²) in [6.07, 6.45) is 6.02. The van der Waals surface area contributed by atoms with Crippen molar-refractivity contribution >= 4 is 23.5 Å². The zero-order valence-electron chi connectivity index (χ0n) is 21.1. The number of anilines is 1. The molecule has 0 saturated carbocycles. The number of aryl methyl sites for hydroxylation is 1. The summed E-state index contributed by atoms with van der Waals surface area (Å²) in [5.74, 6) is 0.153. The molecule has 3 N–H and O–H groups in total. The third-order valence-electron chi connectivity index (χ3n) is 5.90. The molecule has 4 rings (SSSR count). The molecule has 1 saturated heterocycles. The number of fused-ring (bicyclic) bond motifs is 1. The molecule has 2 atom stereocenters. The minimum Gasteiger partial charge on any atom is -0.444 e. The van der Waals surface area contributed by atoms with Crippen molar-refractivity contribution in [3.63, 3.8) is 0 Å². The van der Waals surface area contributed by atoms with Crippen molar-refractivity contribution in [2.24, 2.45) is 7.05 Å². The Morgan fingerprint density at radius 2 is 1.94 bits per heavy atom. The summed E-state index contributed by atoms with van der Waals surface area (Å²) in [7, 11) is 1.85. The predicted molar refractivity (Wildman–Crippen MR) is 132 cm³/mol.